The number of hydrogen-bond donors (Lipinski definition) is 1. The molecule has 0 aliphatic carbocycles. The lowest BCUT2D eigenvalue weighted by atomic mass is 10.2. The van der Waals surface area contributed by atoms with Crippen LogP contribution >= 0.6 is 0 Å². The van der Waals surface area contributed by atoms with Crippen LogP contribution in [0.3, 0.4) is 0 Å². The van der Waals surface area contributed by atoms with Crippen LogP contribution < -0.4 is 5.32 Å². The van der Waals surface area contributed by atoms with Gasteiger partial charge in [0.25, 0.3) is 0 Å². The van der Waals surface area contributed by atoms with E-state index in [0.717, 1.165) is 11.5 Å². The lowest BCUT2D eigenvalue weighted by Gasteiger charge is -2.09. The molecule has 0 saturated heterocycles. The summed E-state index contributed by atoms with van der Waals surface area (Å²) >= 11 is 0. The van der Waals surface area contributed by atoms with Gasteiger partial charge in [-0.3, -0.25) is 0 Å². The molecule has 0 bridgehead atoms. The minimum atomic E-state index is 0.116. The molecule has 2 aromatic heterocycles. The van der Waals surface area contributed by atoms with Gasteiger partial charge in [-0.2, -0.15) is 5.26 Å². The van der Waals surface area contributed by atoms with Crippen molar-refractivity contribution in [1.29, 1.82) is 5.26 Å². The van der Waals surface area contributed by atoms with Crippen molar-refractivity contribution in [2.45, 2.75) is 19.5 Å². The number of nitrogens with zero attached hydrogens (tertiary/aromatic N) is 1. The molecule has 0 amide bonds. The largest absolute Gasteiger partial charge is 0.468 e. The predicted molar refractivity (Wildman–Crippen MR) is 57.4 cm³/mol. The maximum absolute atomic E-state index is 8.60. The van der Waals surface area contributed by atoms with Gasteiger partial charge < -0.3 is 14.2 Å². The van der Waals surface area contributed by atoms with E-state index in [1.165, 1.54) is 0 Å². The summed E-state index contributed by atoms with van der Waals surface area (Å²) in [4.78, 5) is 0. The van der Waals surface area contributed by atoms with Crippen molar-refractivity contribution in [3.05, 3.63) is 47.8 Å². The van der Waals surface area contributed by atoms with Crippen LogP contribution in [0.4, 0.5) is 0 Å². The molecule has 2 heterocycles. The number of nitrogens with one attached hydrogen (secondary N) is 1. The van der Waals surface area contributed by atoms with Gasteiger partial charge >= 0.3 is 0 Å². The molecule has 0 aliphatic rings. The Balaban J connectivity index is 1.90. The maximum atomic E-state index is 8.60. The maximum Gasteiger partial charge on any atom is 0.203 e. The Morgan fingerprint density at radius 2 is 2.31 bits per heavy atom. The van der Waals surface area contributed by atoms with Crippen LogP contribution in [0.5, 0.6) is 0 Å². The second kappa shape index (κ2) is 4.69. The van der Waals surface area contributed by atoms with Crippen molar-refractivity contribution in [3.8, 4) is 6.07 Å². The Bertz CT molecular complexity index is 479. The van der Waals surface area contributed by atoms with Crippen LogP contribution in [-0.2, 0) is 6.54 Å². The van der Waals surface area contributed by atoms with Crippen LogP contribution in [0.1, 0.15) is 30.2 Å². The van der Waals surface area contributed by atoms with E-state index in [2.05, 4.69) is 5.32 Å². The Morgan fingerprint density at radius 3 is 2.94 bits per heavy atom. The number of rotatable bonds is 4. The van der Waals surface area contributed by atoms with E-state index in [1.54, 1.807) is 18.4 Å². The molecule has 1 N–H and O–H groups in total. The first kappa shape index (κ1) is 10.5. The molecule has 0 fully saturated rings. The van der Waals surface area contributed by atoms with Gasteiger partial charge in [-0.1, -0.05) is 0 Å². The van der Waals surface area contributed by atoms with Crippen molar-refractivity contribution >= 4 is 0 Å². The molecule has 0 unspecified atom stereocenters. The van der Waals surface area contributed by atoms with Crippen LogP contribution in [0.15, 0.2) is 39.4 Å². The average Bonchev–Trinajstić information content (AvgIpc) is 2.96. The molecule has 0 spiro atoms. The SMILES string of the molecule is C[C@H](NCc1ccc(C#N)o1)c1ccco1. The fourth-order valence-corrected chi connectivity index (χ4v) is 1.42. The third kappa shape index (κ3) is 2.33. The fourth-order valence-electron chi connectivity index (χ4n) is 1.42. The molecule has 0 radical (unpaired) electrons. The molecule has 0 saturated carbocycles. The Kier molecular flexibility index (Phi) is 3.08. The Morgan fingerprint density at radius 1 is 1.44 bits per heavy atom. The van der Waals surface area contributed by atoms with E-state index >= 15 is 0 Å². The molecule has 82 valence electrons. The molecule has 2 rings (SSSR count). The zero-order chi connectivity index (χ0) is 11.4. The van der Waals surface area contributed by atoms with Gasteiger partial charge in [-0.15, -0.1) is 0 Å². The summed E-state index contributed by atoms with van der Waals surface area (Å²) in [5, 5.41) is 11.8. The van der Waals surface area contributed by atoms with Crippen molar-refractivity contribution in [3.63, 3.8) is 0 Å². The Hall–Kier alpha value is -1.99. The summed E-state index contributed by atoms with van der Waals surface area (Å²) in [6.45, 7) is 2.58. The van der Waals surface area contributed by atoms with Crippen molar-refractivity contribution in [1.82, 2.24) is 5.32 Å². The minimum absolute atomic E-state index is 0.116. The normalized spacial score (nSPS) is 12.2. The van der Waals surface area contributed by atoms with E-state index < -0.39 is 0 Å². The lowest BCUT2D eigenvalue weighted by molar-refractivity contribution is 0.405. The van der Waals surface area contributed by atoms with E-state index in [-0.39, 0.29) is 6.04 Å². The van der Waals surface area contributed by atoms with Gasteiger partial charge in [0.05, 0.1) is 18.8 Å². The summed E-state index contributed by atoms with van der Waals surface area (Å²) in [6.07, 6.45) is 1.65. The van der Waals surface area contributed by atoms with Gasteiger partial charge in [0, 0.05) is 0 Å². The lowest BCUT2D eigenvalue weighted by Crippen LogP contribution is -2.17. The van der Waals surface area contributed by atoms with Gasteiger partial charge in [0.1, 0.15) is 17.6 Å². The van der Waals surface area contributed by atoms with Crippen LogP contribution in [0, 0.1) is 11.3 Å². The number of hydrogen-bond acceptors (Lipinski definition) is 4. The first-order valence-electron chi connectivity index (χ1n) is 5.05. The summed E-state index contributed by atoms with van der Waals surface area (Å²) in [5.74, 6) is 1.96. The van der Waals surface area contributed by atoms with Gasteiger partial charge in [-0.05, 0) is 31.2 Å². The molecule has 4 heteroatoms. The number of furan rings is 2. The zero-order valence-electron chi connectivity index (χ0n) is 8.93. The third-order valence-electron chi connectivity index (χ3n) is 2.32. The molecule has 2 aromatic rings. The topological polar surface area (TPSA) is 62.1 Å². The van der Waals surface area contributed by atoms with E-state index in [0.29, 0.717) is 12.3 Å². The van der Waals surface area contributed by atoms with Crippen LogP contribution in [0.25, 0.3) is 0 Å². The second-order valence-electron chi connectivity index (χ2n) is 3.50. The predicted octanol–water partition coefficient (Wildman–Crippen LogP) is 2.60. The first-order chi connectivity index (χ1) is 7.79. The van der Waals surface area contributed by atoms with E-state index in [1.807, 2.05) is 25.1 Å². The van der Waals surface area contributed by atoms with Crippen molar-refractivity contribution in [2.75, 3.05) is 0 Å². The molecular formula is C12H12N2O2. The highest BCUT2D eigenvalue weighted by atomic mass is 16.3. The average molecular weight is 216 g/mol. The van der Waals surface area contributed by atoms with Crippen LogP contribution in [-0.4, -0.2) is 0 Å². The van der Waals surface area contributed by atoms with Crippen LogP contribution in [0.2, 0.25) is 0 Å². The summed E-state index contributed by atoms with van der Waals surface area (Å²) in [5.41, 5.74) is 0. The Labute approximate surface area is 93.5 Å². The smallest absolute Gasteiger partial charge is 0.203 e. The van der Waals surface area contributed by atoms with E-state index in [4.69, 9.17) is 14.1 Å². The molecule has 4 nitrogen and oxygen atoms in total. The summed E-state index contributed by atoms with van der Waals surface area (Å²) < 4.78 is 10.5. The van der Waals surface area contributed by atoms with Gasteiger partial charge in [0.2, 0.25) is 5.76 Å². The molecule has 1 atom stereocenters. The summed E-state index contributed by atoms with van der Waals surface area (Å²) in [7, 11) is 0. The molecule has 16 heavy (non-hydrogen) atoms. The fraction of sp³-hybridized carbons (Fsp3) is 0.250. The van der Waals surface area contributed by atoms with Gasteiger partial charge in [0.15, 0.2) is 0 Å². The van der Waals surface area contributed by atoms with Gasteiger partial charge in [-0.25, -0.2) is 0 Å². The van der Waals surface area contributed by atoms with Crippen molar-refractivity contribution in [2.24, 2.45) is 0 Å². The highest BCUT2D eigenvalue weighted by Crippen LogP contribution is 2.14. The molecule has 0 aromatic carbocycles. The minimum Gasteiger partial charge on any atom is -0.468 e. The zero-order valence-corrected chi connectivity index (χ0v) is 8.93. The van der Waals surface area contributed by atoms with E-state index in [9.17, 15) is 0 Å². The monoisotopic (exact) mass is 216 g/mol. The molecular weight excluding hydrogens is 204 g/mol. The number of nitriles is 1. The van der Waals surface area contributed by atoms with Crippen molar-refractivity contribution < 1.29 is 8.83 Å². The highest BCUT2D eigenvalue weighted by Gasteiger charge is 2.08. The highest BCUT2D eigenvalue weighted by molar-refractivity contribution is 5.19. The third-order valence-corrected chi connectivity index (χ3v) is 2.32. The quantitative estimate of drug-likeness (QED) is 0.853. The first-order valence-corrected chi connectivity index (χ1v) is 5.05. The summed E-state index contributed by atoms with van der Waals surface area (Å²) in [6, 6.07) is 9.29. The molecule has 0 aliphatic heterocycles. The standard InChI is InChI=1S/C12H12N2O2/c1-9(12-3-2-6-15-12)14-8-11-5-4-10(7-13)16-11/h2-6,9,14H,8H2,1H3/t9-/m0/s1. The second-order valence-corrected chi connectivity index (χ2v) is 3.50.